The Kier molecular flexibility index (Phi) is 6.68. The molecule has 14 heteroatoms. The summed E-state index contributed by atoms with van der Waals surface area (Å²) in [7, 11) is -3.65. The van der Waals surface area contributed by atoms with Gasteiger partial charge in [0.1, 0.15) is 0 Å². The van der Waals surface area contributed by atoms with Crippen molar-refractivity contribution in [3.63, 3.8) is 0 Å². The van der Waals surface area contributed by atoms with Crippen LogP contribution in [0.1, 0.15) is 0 Å². The minimum Gasteiger partial charge on any atom is -0.404 e. The number of rotatable bonds is 4. The number of thiol groups is 6. The van der Waals surface area contributed by atoms with Crippen LogP contribution >= 0.6 is 93.0 Å². The molecular formula is C18H12O6P2S6. The molecule has 0 saturated heterocycles. The first-order chi connectivity index (χ1) is 15.3. The summed E-state index contributed by atoms with van der Waals surface area (Å²) >= 11 is 26.4. The third-order valence-corrected chi connectivity index (χ3v) is 7.88. The molecule has 0 N–H and O–H groups in total. The van der Waals surface area contributed by atoms with Gasteiger partial charge in [0.05, 0.1) is 14.7 Å². The van der Waals surface area contributed by atoms with Crippen LogP contribution in [0.3, 0.4) is 0 Å². The molecule has 2 aliphatic rings. The molecule has 0 spiro atoms. The largest absolute Gasteiger partial charge is 0.530 e. The Labute approximate surface area is 219 Å². The normalized spacial score (nSPS) is 18.1. The minimum atomic E-state index is -1.83. The average molecular weight is 579 g/mol. The van der Waals surface area contributed by atoms with Crippen molar-refractivity contribution in [3.8, 4) is 34.5 Å². The summed E-state index contributed by atoms with van der Waals surface area (Å²) in [6, 6.07) is 10.3. The van der Waals surface area contributed by atoms with Crippen LogP contribution in [-0.2, 0) is 0 Å². The first-order valence-electron chi connectivity index (χ1n) is 8.63. The maximum Gasteiger partial charge on any atom is 0.530 e. The van der Waals surface area contributed by atoms with Gasteiger partial charge >= 0.3 is 17.2 Å². The van der Waals surface area contributed by atoms with Crippen LogP contribution in [0.25, 0.3) is 0 Å². The van der Waals surface area contributed by atoms with E-state index in [1.807, 2.05) is 0 Å². The van der Waals surface area contributed by atoms with Gasteiger partial charge in [-0.05, 0) is 36.4 Å². The lowest BCUT2D eigenvalue weighted by atomic mass is 10.3. The molecule has 0 aliphatic carbocycles. The monoisotopic (exact) mass is 578 g/mol. The SMILES string of the molecule is Sc1cc(S)c2c(c1)OP(Oc1cc(S)cc(S)c1OP1Oc3cc(S)cc(S)c3O1)O2. The maximum atomic E-state index is 6.00. The van der Waals surface area contributed by atoms with Crippen molar-refractivity contribution in [2.75, 3.05) is 0 Å². The van der Waals surface area contributed by atoms with Gasteiger partial charge in [-0.2, -0.15) is 0 Å². The van der Waals surface area contributed by atoms with E-state index in [0.717, 1.165) is 0 Å². The second kappa shape index (κ2) is 9.23. The van der Waals surface area contributed by atoms with E-state index in [1.165, 1.54) is 0 Å². The van der Waals surface area contributed by atoms with Crippen LogP contribution in [0.4, 0.5) is 0 Å². The molecule has 2 heterocycles. The summed E-state index contributed by atoms with van der Waals surface area (Å²) in [5.41, 5.74) is 0. The van der Waals surface area contributed by atoms with Crippen LogP contribution in [0.15, 0.2) is 65.8 Å². The zero-order valence-corrected chi connectivity index (χ0v) is 22.6. The summed E-state index contributed by atoms with van der Waals surface area (Å²) in [6.07, 6.45) is 0. The predicted molar refractivity (Wildman–Crippen MR) is 140 cm³/mol. The number of hydrogen-bond donors (Lipinski definition) is 6. The van der Waals surface area contributed by atoms with Crippen molar-refractivity contribution in [1.29, 1.82) is 0 Å². The molecule has 6 nitrogen and oxygen atoms in total. The van der Waals surface area contributed by atoms with Crippen LogP contribution in [0.5, 0.6) is 34.5 Å². The van der Waals surface area contributed by atoms with E-state index >= 15 is 0 Å². The lowest BCUT2D eigenvalue weighted by molar-refractivity contribution is 0.395. The van der Waals surface area contributed by atoms with Crippen LogP contribution < -0.4 is 27.1 Å². The van der Waals surface area contributed by atoms with Crippen molar-refractivity contribution in [2.45, 2.75) is 29.4 Å². The van der Waals surface area contributed by atoms with Gasteiger partial charge in [0.2, 0.25) is 0 Å². The third-order valence-electron chi connectivity index (χ3n) is 4.08. The van der Waals surface area contributed by atoms with Gasteiger partial charge in [-0.15, -0.1) is 75.8 Å². The summed E-state index contributed by atoms with van der Waals surface area (Å²) in [5.74, 6) is 2.56. The molecule has 3 aromatic rings. The second-order valence-electron chi connectivity index (χ2n) is 6.37. The van der Waals surface area contributed by atoms with Gasteiger partial charge in [-0.25, -0.2) is 0 Å². The average Bonchev–Trinajstić information content (AvgIpc) is 3.28. The Balaban J connectivity index is 1.38. The van der Waals surface area contributed by atoms with Crippen molar-refractivity contribution >= 4 is 93.0 Å². The van der Waals surface area contributed by atoms with Crippen molar-refractivity contribution in [3.05, 3.63) is 36.4 Å². The molecule has 0 saturated carbocycles. The van der Waals surface area contributed by atoms with E-state index in [4.69, 9.17) is 27.1 Å². The zero-order valence-electron chi connectivity index (χ0n) is 15.5. The lowest BCUT2D eigenvalue weighted by Crippen LogP contribution is -2.00. The Morgan fingerprint density at radius 3 is 1.56 bits per heavy atom. The van der Waals surface area contributed by atoms with Gasteiger partial charge in [-0.1, -0.05) is 0 Å². The van der Waals surface area contributed by atoms with E-state index in [2.05, 4.69) is 75.8 Å². The second-order valence-corrected chi connectivity index (χ2v) is 11.4. The minimum absolute atomic E-state index is 0.295. The topological polar surface area (TPSA) is 55.4 Å². The highest BCUT2D eigenvalue weighted by molar-refractivity contribution is 7.81. The molecule has 0 aromatic heterocycles. The highest BCUT2D eigenvalue weighted by Gasteiger charge is 2.36. The fourth-order valence-corrected chi connectivity index (χ4v) is 7.04. The molecule has 2 atom stereocenters. The summed E-state index contributed by atoms with van der Waals surface area (Å²) in [5, 5.41) is 0. The Morgan fingerprint density at radius 1 is 0.531 bits per heavy atom. The quantitative estimate of drug-likeness (QED) is 0.142. The molecule has 3 aromatic carbocycles. The highest BCUT2D eigenvalue weighted by Crippen LogP contribution is 2.60. The molecule has 5 rings (SSSR count). The van der Waals surface area contributed by atoms with Gasteiger partial charge in [0.25, 0.3) is 0 Å². The molecule has 0 radical (unpaired) electrons. The molecule has 32 heavy (non-hydrogen) atoms. The fraction of sp³-hybridized carbons (Fsp3) is 0. The van der Waals surface area contributed by atoms with E-state index in [-0.39, 0.29) is 0 Å². The number of fused-ring (bicyclic) bond motifs is 2. The van der Waals surface area contributed by atoms with Gasteiger partial charge in [0, 0.05) is 14.7 Å². The maximum absolute atomic E-state index is 6.00. The lowest BCUT2D eigenvalue weighted by Gasteiger charge is -2.17. The molecule has 166 valence electrons. The van der Waals surface area contributed by atoms with Gasteiger partial charge < -0.3 is 27.1 Å². The first kappa shape index (κ1) is 23.2. The predicted octanol–water partition coefficient (Wildman–Crippen LogP) is 7.57. The van der Waals surface area contributed by atoms with Gasteiger partial charge in [0.15, 0.2) is 34.5 Å². The molecular weight excluding hydrogens is 567 g/mol. The summed E-state index contributed by atoms with van der Waals surface area (Å²) < 4.78 is 35.2. The third kappa shape index (κ3) is 4.66. The molecule has 2 aliphatic heterocycles. The van der Waals surface area contributed by atoms with Crippen LogP contribution in [0.2, 0.25) is 0 Å². The van der Waals surface area contributed by atoms with Gasteiger partial charge in [-0.3, -0.25) is 0 Å². The first-order valence-corrected chi connectivity index (χ1v) is 13.5. The summed E-state index contributed by atoms with van der Waals surface area (Å²) in [4.78, 5) is 3.65. The Hall–Kier alpha value is -0.580. The molecule has 0 fully saturated rings. The van der Waals surface area contributed by atoms with Crippen LogP contribution in [-0.4, -0.2) is 0 Å². The highest BCUT2D eigenvalue weighted by atomic mass is 32.1. The van der Waals surface area contributed by atoms with Crippen molar-refractivity contribution in [2.24, 2.45) is 0 Å². The Bertz CT molecular complexity index is 1250. The fourth-order valence-electron chi connectivity index (χ4n) is 2.78. The molecule has 0 amide bonds. The molecule has 2 unspecified atom stereocenters. The standard InChI is InChI=1S/C18H12O6P2S6/c27-7-1-10-16(13(30)4-7)22-25(19-10)20-11-2-8(28)5-14(31)17(11)23-26-21-12-3-9(29)6-15(32)18(12)24-26/h1-6,27-32H. The summed E-state index contributed by atoms with van der Waals surface area (Å²) in [6.45, 7) is 0. The van der Waals surface area contributed by atoms with Crippen LogP contribution in [0, 0.1) is 0 Å². The number of benzene rings is 3. The van der Waals surface area contributed by atoms with E-state index in [0.29, 0.717) is 63.9 Å². The molecule has 0 bridgehead atoms. The number of hydrogen-bond acceptors (Lipinski definition) is 12. The van der Waals surface area contributed by atoms with Crippen molar-refractivity contribution < 1.29 is 27.1 Å². The van der Waals surface area contributed by atoms with E-state index in [9.17, 15) is 0 Å². The Morgan fingerprint density at radius 2 is 1.00 bits per heavy atom. The zero-order chi connectivity index (χ0) is 22.6. The van der Waals surface area contributed by atoms with Crippen molar-refractivity contribution in [1.82, 2.24) is 0 Å². The van der Waals surface area contributed by atoms with E-state index in [1.54, 1.807) is 36.4 Å². The smallest absolute Gasteiger partial charge is 0.404 e. The van der Waals surface area contributed by atoms with E-state index < -0.39 is 17.2 Å².